The molecular formula is C26H25N3O2. The second-order valence-corrected chi connectivity index (χ2v) is 7.45. The second-order valence-electron chi connectivity index (χ2n) is 7.45. The van der Waals surface area contributed by atoms with Gasteiger partial charge < -0.3 is 10.1 Å². The molecule has 0 fully saturated rings. The van der Waals surface area contributed by atoms with Crippen LogP contribution >= 0.6 is 0 Å². The van der Waals surface area contributed by atoms with Crippen LogP contribution in [0.2, 0.25) is 0 Å². The molecule has 31 heavy (non-hydrogen) atoms. The van der Waals surface area contributed by atoms with Crippen molar-refractivity contribution in [3.05, 3.63) is 102 Å². The highest BCUT2D eigenvalue weighted by molar-refractivity contribution is 5.90. The van der Waals surface area contributed by atoms with Crippen LogP contribution in [0.25, 0.3) is 5.69 Å². The number of hydrogen-bond acceptors (Lipinski definition) is 3. The van der Waals surface area contributed by atoms with E-state index in [1.54, 1.807) is 4.68 Å². The summed E-state index contributed by atoms with van der Waals surface area (Å²) in [5.74, 6) is 1.33. The number of ether oxygens (including phenoxy) is 1. The van der Waals surface area contributed by atoms with E-state index in [2.05, 4.69) is 5.32 Å². The fourth-order valence-corrected chi connectivity index (χ4v) is 3.46. The van der Waals surface area contributed by atoms with Crippen LogP contribution in [0.3, 0.4) is 0 Å². The van der Waals surface area contributed by atoms with Gasteiger partial charge in [-0.15, -0.1) is 0 Å². The minimum absolute atomic E-state index is 0.0388. The van der Waals surface area contributed by atoms with Crippen molar-refractivity contribution in [2.45, 2.75) is 26.7 Å². The number of aryl methyl sites for hydroxylation is 2. The highest BCUT2D eigenvalue weighted by Gasteiger charge is 2.19. The number of benzene rings is 3. The van der Waals surface area contributed by atoms with E-state index in [1.165, 1.54) is 0 Å². The summed E-state index contributed by atoms with van der Waals surface area (Å²) in [5.41, 5.74) is 4.59. The topological polar surface area (TPSA) is 56.2 Å². The van der Waals surface area contributed by atoms with Crippen molar-refractivity contribution >= 4 is 11.6 Å². The first-order valence-electron chi connectivity index (χ1n) is 10.3. The van der Waals surface area contributed by atoms with E-state index < -0.39 is 0 Å². The molecule has 1 aromatic heterocycles. The number of carbonyl (C=O) groups is 1. The van der Waals surface area contributed by atoms with E-state index in [-0.39, 0.29) is 5.91 Å². The number of rotatable bonds is 7. The molecule has 1 amide bonds. The smallest absolute Gasteiger partial charge is 0.226 e. The van der Waals surface area contributed by atoms with Gasteiger partial charge in [-0.1, -0.05) is 48.5 Å². The van der Waals surface area contributed by atoms with Crippen molar-refractivity contribution in [3.63, 3.8) is 0 Å². The Labute approximate surface area is 182 Å². The first-order valence-corrected chi connectivity index (χ1v) is 10.3. The number of nitrogens with zero attached hydrogens (tertiary/aromatic N) is 2. The molecule has 0 saturated heterocycles. The number of carbonyl (C=O) groups excluding carboxylic acids is 1. The molecule has 1 heterocycles. The molecule has 0 aliphatic rings. The van der Waals surface area contributed by atoms with E-state index in [1.807, 2.05) is 98.8 Å². The highest BCUT2D eigenvalue weighted by atomic mass is 16.5. The van der Waals surface area contributed by atoms with Crippen molar-refractivity contribution in [2.75, 3.05) is 5.32 Å². The van der Waals surface area contributed by atoms with Crippen molar-refractivity contribution < 1.29 is 9.53 Å². The number of para-hydroxylation sites is 2. The molecule has 0 radical (unpaired) electrons. The van der Waals surface area contributed by atoms with Crippen molar-refractivity contribution in [1.29, 1.82) is 0 Å². The molecule has 4 aromatic rings. The van der Waals surface area contributed by atoms with Crippen LogP contribution in [0, 0.1) is 13.8 Å². The first-order chi connectivity index (χ1) is 15.1. The Morgan fingerprint density at radius 1 is 0.935 bits per heavy atom. The third-order valence-corrected chi connectivity index (χ3v) is 5.00. The fourth-order valence-electron chi connectivity index (χ4n) is 3.46. The summed E-state index contributed by atoms with van der Waals surface area (Å²) >= 11 is 0. The average Bonchev–Trinajstić information content (AvgIpc) is 3.08. The van der Waals surface area contributed by atoms with Gasteiger partial charge in [0.2, 0.25) is 11.8 Å². The van der Waals surface area contributed by atoms with Gasteiger partial charge in [0.05, 0.1) is 11.4 Å². The zero-order chi connectivity index (χ0) is 21.6. The van der Waals surface area contributed by atoms with Crippen LogP contribution in [0.5, 0.6) is 11.6 Å². The van der Waals surface area contributed by atoms with E-state index in [9.17, 15) is 4.79 Å². The average molecular weight is 412 g/mol. The first kappa shape index (κ1) is 20.4. The summed E-state index contributed by atoms with van der Waals surface area (Å²) in [4.78, 5) is 12.6. The van der Waals surface area contributed by atoms with Gasteiger partial charge >= 0.3 is 0 Å². The Kier molecular flexibility index (Phi) is 6.13. The normalized spacial score (nSPS) is 10.6. The van der Waals surface area contributed by atoms with E-state index >= 15 is 0 Å². The lowest BCUT2D eigenvalue weighted by molar-refractivity contribution is -0.116. The minimum Gasteiger partial charge on any atom is -0.439 e. The molecule has 1 N–H and O–H groups in total. The fraction of sp³-hybridized carbons (Fsp3) is 0.154. The Hall–Kier alpha value is -3.86. The molecule has 0 unspecified atom stereocenters. The van der Waals surface area contributed by atoms with E-state index in [0.29, 0.717) is 18.7 Å². The number of amides is 1. The monoisotopic (exact) mass is 411 g/mol. The largest absolute Gasteiger partial charge is 0.439 e. The third-order valence-electron chi connectivity index (χ3n) is 5.00. The molecule has 0 bridgehead atoms. The van der Waals surface area contributed by atoms with Crippen molar-refractivity contribution in [3.8, 4) is 17.3 Å². The summed E-state index contributed by atoms with van der Waals surface area (Å²) < 4.78 is 8.05. The Morgan fingerprint density at radius 2 is 1.65 bits per heavy atom. The van der Waals surface area contributed by atoms with Crippen LogP contribution < -0.4 is 10.1 Å². The standard InChI is InChI=1S/C26H25N3O2/c1-19-10-9-11-21(18-19)27-25(30)17-16-24-20(2)28-29(22-12-5-3-6-13-22)26(24)31-23-14-7-4-8-15-23/h3-15,18H,16-17H2,1-2H3,(H,27,30). The second kappa shape index (κ2) is 9.30. The van der Waals surface area contributed by atoms with Crippen molar-refractivity contribution in [1.82, 2.24) is 9.78 Å². The summed E-state index contributed by atoms with van der Waals surface area (Å²) in [5, 5.41) is 7.68. The molecular weight excluding hydrogens is 386 g/mol. The summed E-state index contributed by atoms with van der Waals surface area (Å²) in [7, 11) is 0. The molecule has 5 heteroatoms. The Bertz CT molecular complexity index is 1170. The lowest BCUT2D eigenvalue weighted by Gasteiger charge is -2.11. The maximum atomic E-state index is 12.6. The number of hydrogen-bond donors (Lipinski definition) is 1. The predicted octanol–water partition coefficient (Wildman–Crippen LogP) is 5.85. The lowest BCUT2D eigenvalue weighted by Crippen LogP contribution is -2.12. The molecule has 156 valence electrons. The third kappa shape index (κ3) is 5.01. The zero-order valence-electron chi connectivity index (χ0n) is 17.7. The SMILES string of the molecule is Cc1cccc(NC(=O)CCc2c(C)nn(-c3ccccc3)c2Oc2ccccc2)c1. The van der Waals surface area contributed by atoms with Crippen molar-refractivity contribution in [2.24, 2.45) is 0 Å². The van der Waals surface area contributed by atoms with Gasteiger partial charge in [0.15, 0.2) is 0 Å². The Balaban J connectivity index is 1.59. The highest BCUT2D eigenvalue weighted by Crippen LogP contribution is 2.31. The maximum Gasteiger partial charge on any atom is 0.226 e. The summed E-state index contributed by atoms with van der Waals surface area (Å²) in [6.45, 7) is 3.95. The van der Waals surface area contributed by atoms with Gasteiger partial charge in [0.1, 0.15) is 5.75 Å². The van der Waals surface area contributed by atoms with Gasteiger partial charge in [0.25, 0.3) is 0 Å². The molecule has 3 aromatic carbocycles. The predicted molar refractivity (Wildman–Crippen MR) is 123 cm³/mol. The molecule has 0 spiro atoms. The summed E-state index contributed by atoms with van der Waals surface area (Å²) in [6.07, 6.45) is 0.860. The molecule has 4 rings (SSSR count). The molecule has 0 aliphatic carbocycles. The van der Waals surface area contributed by atoms with Crippen LogP contribution in [-0.4, -0.2) is 15.7 Å². The lowest BCUT2D eigenvalue weighted by atomic mass is 10.1. The van der Waals surface area contributed by atoms with Crippen LogP contribution in [0.4, 0.5) is 5.69 Å². The van der Waals surface area contributed by atoms with E-state index in [0.717, 1.165) is 33.9 Å². The van der Waals surface area contributed by atoms with Gasteiger partial charge in [-0.2, -0.15) is 5.10 Å². The van der Waals surface area contributed by atoms with Gasteiger partial charge in [-0.3, -0.25) is 4.79 Å². The van der Waals surface area contributed by atoms with Gasteiger partial charge in [-0.25, -0.2) is 4.68 Å². The van der Waals surface area contributed by atoms with E-state index in [4.69, 9.17) is 9.84 Å². The van der Waals surface area contributed by atoms with Gasteiger partial charge in [0, 0.05) is 17.7 Å². The summed E-state index contributed by atoms with van der Waals surface area (Å²) in [6, 6.07) is 27.3. The zero-order valence-corrected chi connectivity index (χ0v) is 17.7. The minimum atomic E-state index is -0.0388. The van der Waals surface area contributed by atoms with Crippen LogP contribution in [0.1, 0.15) is 23.2 Å². The molecule has 0 atom stereocenters. The quantitative estimate of drug-likeness (QED) is 0.415. The van der Waals surface area contributed by atoms with Gasteiger partial charge in [-0.05, 0) is 62.2 Å². The Morgan fingerprint density at radius 3 is 2.35 bits per heavy atom. The van der Waals surface area contributed by atoms with Crippen LogP contribution in [-0.2, 0) is 11.2 Å². The van der Waals surface area contributed by atoms with Crippen LogP contribution in [0.15, 0.2) is 84.9 Å². The molecule has 0 saturated carbocycles. The number of anilines is 1. The maximum absolute atomic E-state index is 12.6. The molecule has 5 nitrogen and oxygen atoms in total. The number of aromatic nitrogens is 2. The molecule has 0 aliphatic heterocycles. The number of nitrogens with one attached hydrogen (secondary N) is 1.